The summed E-state index contributed by atoms with van der Waals surface area (Å²) < 4.78 is 33.2. The second-order valence-electron chi connectivity index (χ2n) is 7.25. The number of carbonyl (C=O) groups is 1. The normalized spacial score (nSPS) is 17.0. The number of rotatable bonds is 7. The lowest BCUT2D eigenvalue weighted by Gasteiger charge is -2.32. The molecule has 1 fully saturated rings. The number of nitrogens with zero attached hydrogens (tertiary/aromatic N) is 1. The molecule has 2 aromatic rings. The SMILES string of the molecule is CCOc1ccc(NS(=O)(=O)c2ccc(C(=O)N3CCCC(CC)C3)cc2)cc1. The Kier molecular flexibility index (Phi) is 6.79. The fraction of sp³-hybridized carbons (Fsp3) is 0.409. The molecule has 1 aliphatic rings. The summed E-state index contributed by atoms with van der Waals surface area (Å²) >= 11 is 0. The van der Waals surface area contributed by atoms with Gasteiger partial charge in [0.2, 0.25) is 0 Å². The molecule has 0 bridgehead atoms. The van der Waals surface area contributed by atoms with Crippen molar-refractivity contribution in [2.75, 3.05) is 24.4 Å². The zero-order chi connectivity index (χ0) is 20.9. The van der Waals surface area contributed by atoms with Crippen LogP contribution in [0.1, 0.15) is 43.5 Å². The van der Waals surface area contributed by atoms with E-state index in [-0.39, 0.29) is 10.8 Å². The Morgan fingerprint density at radius 1 is 1.10 bits per heavy atom. The van der Waals surface area contributed by atoms with Crippen molar-refractivity contribution in [3.8, 4) is 5.75 Å². The Balaban J connectivity index is 1.69. The molecule has 6 nitrogen and oxygen atoms in total. The van der Waals surface area contributed by atoms with E-state index < -0.39 is 10.0 Å². The van der Waals surface area contributed by atoms with Crippen molar-refractivity contribution < 1.29 is 17.9 Å². The van der Waals surface area contributed by atoms with Crippen LogP contribution in [0.2, 0.25) is 0 Å². The second-order valence-corrected chi connectivity index (χ2v) is 8.94. The Morgan fingerprint density at radius 3 is 2.41 bits per heavy atom. The van der Waals surface area contributed by atoms with Crippen LogP contribution >= 0.6 is 0 Å². The number of anilines is 1. The molecule has 0 spiro atoms. The van der Waals surface area contributed by atoms with Crippen LogP contribution < -0.4 is 9.46 Å². The number of nitrogens with one attached hydrogen (secondary N) is 1. The summed E-state index contributed by atoms with van der Waals surface area (Å²) in [5, 5.41) is 0. The summed E-state index contributed by atoms with van der Waals surface area (Å²) in [7, 11) is -3.73. The molecule has 3 rings (SSSR count). The van der Waals surface area contributed by atoms with Gasteiger partial charge >= 0.3 is 0 Å². The zero-order valence-corrected chi connectivity index (χ0v) is 17.7. The third-order valence-corrected chi connectivity index (χ3v) is 6.61. The highest BCUT2D eigenvalue weighted by atomic mass is 32.2. The minimum Gasteiger partial charge on any atom is -0.494 e. The zero-order valence-electron chi connectivity index (χ0n) is 16.9. The lowest BCUT2D eigenvalue weighted by Crippen LogP contribution is -2.39. The molecular formula is C22H28N2O4S. The molecule has 1 amide bonds. The molecule has 1 saturated heterocycles. The van der Waals surface area contributed by atoms with Gasteiger partial charge in [-0.3, -0.25) is 9.52 Å². The average Bonchev–Trinajstić information content (AvgIpc) is 2.75. The molecular weight excluding hydrogens is 388 g/mol. The largest absolute Gasteiger partial charge is 0.494 e. The number of likely N-dealkylation sites (tertiary alicyclic amines) is 1. The van der Waals surface area contributed by atoms with Crippen molar-refractivity contribution in [2.45, 2.75) is 38.0 Å². The summed E-state index contributed by atoms with van der Waals surface area (Å²) in [5.74, 6) is 1.19. The quantitative estimate of drug-likeness (QED) is 0.736. The average molecular weight is 417 g/mol. The van der Waals surface area contributed by atoms with Gasteiger partial charge in [-0.15, -0.1) is 0 Å². The third kappa shape index (κ3) is 5.29. The Labute approximate surface area is 172 Å². The summed E-state index contributed by atoms with van der Waals surface area (Å²) in [4.78, 5) is 14.7. The van der Waals surface area contributed by atoms with E-state index in [1.165, 1.54) is 12.1 Å². The van der Waals surface area contributed by atoms with Gasteiger partial charge in [-0.25, -0.2) is 8.42 Å². The number of hydrogen-bond donors (Lipinski definition) is 1. The summed E-state index contributed by atoms with van der Waals surface area (Å²) in [6.07, 6.45) is 3.25. The van der Waals surface area contributed by atoms with Gasteiger partial charge in [0.25, 0.3) is 15.9 Å². The van der Waals surface area contributed by atoms with E-state index in [9.17, 15) is 13.2 Å². The van der Waals surface area contributed by atoms with Crippen LogP contribution in [-0.4, -0.2) is 38.9 Å². The summed E-state index contributed by atoms with van der Waals surface area (Å²) in [5.41, 5.74) is 0.967. The lowest BCUT2D eigenvalue weighted by molar-refractivity contribution is 0.0671. The van der Waals surface area contributed by atoms with Crippen LogP contribution in [-0.2, 0) is 10.0 Å². The van der Waals surface area contributed by atoms with Crippen molar-refractivity contribution in [2.24, 2.45) is 5.92 Å². The maximum absolute atomic E-state index is 12.7. The number of benzene rings is 2. The minimum absolute atomic E-state index is 0.0356. The number of sulfonamides is 1. The highest BCUT2D eigenvalue weighted by Crippen LogP contribution is 2.23. The van der Waals surface area contributed by atoms with Crippen LogP contribution in [0.4, 0.5) is 5.69 Å². The summed E-state index contributed by atoms with van der Waals surface area (Å²) in [6, 6.07) is 12.9. The van der Waals surface area contributed by atoms with Gasteiger partial charge in [0, 0.05) is 24.3 Å². The van der Waals surface area contributed by atoms with Crippen LogP contribution in [0.25, 0.3) is 0 Å². The highest BCUT2D eigenvalue weighted by Gasteiger charge is 2.24. The van der Waals surface area contributed by atoms with Crippen LogP contribution in [0, 0.1) is 5.92 Å². The first kappa shape index (κ1) is 21.2. The van der Waals surface area contributed by atoms with Gasteiger partial charge in [0.05, 0.1) is 11.5 Å². The molecule has 0 aliphatic carbocycles. The molecule has 0 radical (unpaired) electrons. The predicted octanol–water partition coefficient (Wildman–Crippen LogP) is 4.15. The first-order chi connectivity index (χ1) is 13.9. The molecule has 1 N–H and O–H groups in total. The number of ether oxygens (including phenoxy) is 1. The van der Waals surface area contributed by atoms with E-state index in [1.807, 2.05) is 11.8 Å². The standard InChI is InChI=1S/C22H28N2O4S/c1-3-17-6-5-15-24(16-17)22(25)18-7-13-21(14-8-18)29(26,27)23-19-9-11-20(12-10-19)28-4-2/h7-14,17,23H,3-6,15-16H2,1-2H3. The Morgan fingerprint density at radius 2 is 1.79 bits per heavy atom. The van der Waals surface area contributed by atoms with Gasteiger partial charge in [-0.05, 0) is 74.2 Å². The van der Waals surface area contributed by atoms with Gasteiger partial charge in [0.15, 0.2) is 0 Å². The first-order valence-electron chi connectivity index (χ1n) is 10.1. The topological polar surface area (TPSA) is 75.7 Å². The van der Waals surface area contributed by atoms with E-state index in [4.69, 9.17) is 4.74 Å². The molecule has 156 valence electrons. The van der Waals surface area contributed by atoms with E-state index in [2.05, 4.69) is 11.6 Å². The molecule has 7 heteroatoms. The monoisotopic (exact) mass is 416 g/mol. The van der Waals surface area contributed by atoms with Gasteiger partial charge in [-0.2, -0.15) is 0 Å². The van der Waals surface area contributed by atoms with Gasteiger partial charge < -0.3 is 9.64 Å². The second kappa shape index (κ2) is 9.31. The number of hydrogen-bond acceptors (Lipinski definition) is 4. The number of amides is 1. The van der Waals surface area contributed by atoms with Gasteiger partial charge in [-0.1, -0.05) is 13.3 Å². The molecule has 1 heterocycles. The molecule has 2 aromatic carbocycles. The van der Waals surface area contributed by atoms with Gasteiger partial charge in [0.1, 0.15) is 5.75 Å². The molecule has 0 saturated carbocycles. The molecule has 1 aliphatic heterocycles. The van der Waals surface area contributed by atoms with Crippen LogP contribution in [0.15, 0.2) is 53.4 Å². The minimum atomic E-state index is -3.73. The highest BCUT2D eigenvalue weighted by molar-refractivity contribution is 7.92. The van der Waals surface area contributed by atoms with E-state index in [1.54, 1.807) is 36.4 Å². The van der Waals surface area contributed by atoms with E-state index in [0.717, 1.165) is 32.4 Å². The third-order valence-electron chi connectivity index (χ3n) is 5.21. The van der Waals surface area contributed by atoms with Crippen molar-refractivity contribution in [1.29, 1.82) is 0 Å². The molecule has 0 aromatic heterocycles. The molecule has 1 atom stereocenters. The smallest absolute Gasteiger partial charge is 0.261 e. The number of piperidine rings is 1. The first-order valence-corrected chi connectivity index (χ1v) is 11.6. The fourth-order valence-corrected chi connectivity index (χ4v) is 4.60. The van der Waals surface area contributed by atoms with E-state index in [0.29, 0.717) is 29.5 Å². The molecule has 1 unspecified atom stereocenters. The Hall–Kier alpha value is -2.54. The van der Waals surface area contributed by atoms with Crippen molar-refractivity contribution >= 4 is 21.6 Å². The van der Waals surface area contributed by atoms with Crippen molar-refractivity contribution in [1.82, 2.24) is 4.90 Å². The maximum Gasteiger partial charge on any atom is 0.261 e. The predicted molar refractivity (Wildman–Crippen MR) is 114 cm³/mol. The number of carbonyl (C=O) groups excluding carboxylic acids is 1. The maximum atomic E-state index is 12.7. The Bertz CT molecular complexity index is 924. The molecule has 29 heavy (non-hydrogen) atoms. The van der Waals surface area contributed by atoms with Crippen LogP contribution in [0.3, 0.4) is 0 Å². The van der Waals surface area contributed by atoms with Crippen molar-refractivity contribution in [3.05, 3.63) is 54.1 Å². The van der Waals surface area contributed by atoms with Crippen molar-refractivity contribution in [3.63, 3.8) is 0 Å². The summed E-state index contributed by atoms with van der Waals surface area (Å²) in [6.45, 7) is 6.12. The lowest BCUT2D eigenvalue weighted by atomic mass is 9.95. The van der Waals surface area contributed by atoms with Crippen LogP contribution in [0.5, 0.6) is 5.75 Å². The van der Waals surface area contributed by atoms with E-state index >= 15 is 0 Å². The fourth-order valence-electron chi connectivity index (χ4n) is 3.54.